The molecule has 0 spiro atoms. The van der Waals surface area contributed by atoms with Gasteiger partial charge < -0.3 is 10.1 Å². The summed E-state index contributed by atoms with van der Waals surface area (Å²) in [6.07, 6.45) is 4.38. The number of carbonyl (C=O) groups is 2. The van der Waals surface area contributed by atoms with Gasteiger partial charge in [-0.2, -0.15) is 0 Å². The van der Waals surface area contributed by atoms with Crippen LogP contribution in [0.3, 0.4) is 0 Å². The molecule has 0 radical (unpaired) electrons. The van der Waals surface area contributed by atoms with Crippen LogP contribution in [0, 0.1) is 5.92 Å². The molecule has 2 aromatic carbocycles. The molecule has 31 heavy (non-hydrogen) atoms. The second kappa shape index (κ2) is 8.45. The lowest BCUT2D eigenvalue weighted by molar-refractivity contribution is -0.117. The number of fused-ring (bicyclic) bond motifs is 1. The quantitative estimate of drug-likeness (QED) is 0.668. The summed E-state index contributed by atoms with van der Waals surface area (Å²) in [7, 11) is 0. The zero-order valence-electron chi connectivity index (χ0n) is 17.1. The molecule has 3 aromatic rings. The van der Waals surface area contributed by atoms with E-state index < -0.39 is 0 Å². The molecule has 0 bridgehead atoms. The number of hydrogen-bond acceptors (Lipinski definition) is 5. The summed E-state index contributed by atoms with van der Waals surface area (Å²) in [6.45, 7) is 2.63. The topological polar surface area (TPSA) is 83.6 Å². The molecule has 1 aliphatic carbocycles. The second-order valence-electron chi connectivity index (χ2n) is 8.04. The van der Waals surface area contributed by atoms with Crippen molar-refractivity contribution in [3.63, 3.8) is 0 Å². The first-order valence-corrected chi connectivity index (χ1v) is 10.6. The second-order valence-corrected chi connectivity index (χ2v) is 8.04. The molecule has 2 fully saturated rings. The van der Waals surface area contributed by atoms with E-state index in [4.69, 9.17) is 4.74 Å². The molecule has 2 aliphatic rings. The Morgan fingerprint density at radius 1 is 1.00 bits per heavy atom. The molecule has 7 nitrogen and oxygen atoms in total. The van der Waals surface area contributed by atoms with Crippen molar-refractivity contribution in [1.82, 2.24) is 15.4 Å². The van der Waals surface area contributed by atoms with Crippen molar-refractivity contribution in [2.24, 2.45) is 5.92 Å². The Kier molecular flexibility index (Phi) is 5.36. The molecule has 1 saturated heterocycles. The van der Waals surface area contributed by atoms with Crippen molar-refractivity contribution in [2.45, 2.75) is 12.3 Å². The minimum Gasteiger partial charge on any atom is -0.379 e. The van der Waals surface area contributed by atoms with Crippen molar-refractivity contribution in [3.8, 4) is 0 Å². The molecule has 0 unspecified atom stereocenters. The van der Waals surface area contributed by atoms with E-state index in [1.54, 1.807) is 6.20 Å². The van der Waals surface area contributed by atoms with Gasteiger partial charge in [-0.05, 0) is 53.6 Å². The van der Waals surface area contributed by atoms with Gasteiger partial charge in [0, 0.05) is 48.0 Å². The van der Waals surface area contributed by atoms with Crippen LogP contribution in [0.1, 0.15) is 28.3 Å². The molecule has 7 heteroatoms. The molecule has 2 N–H and O–H groups in total. The summed E-state index contributed by atoms with van der Waals surface area (Å²) in [5.74, 6) is 0.0692. The minimum absolute atomic E-state index is 0.0348. The van der Waals surface area contributed by atoms with Crippen LogP contribution >= 0.6 is 0 Å². The Balaban J connectivity index is 1.18. The summed E-state index contributed by atoms with van der Waals surface area (Å²) < 4.78 is 5.29. The number of nitrogens with zero attached hydrogens (tertiary/aromatic N) is 2. The van der Waals surface area contributed by atoms with Crippen LogP contribution in [-0.4, -0.2) is 48.1 Å². The number of ether oxygens (including phenoxy) is 1. The number of carbonyl (C=O) groups excluding carboxylic acids is 2. The Morgan fingerprint density at radius 3 is 2.61 bits per heavy atom. The lowest BCUT2D eigenvalue weighted by Gasteiger charge is -2.26. The molecule has 2 heterocycles. The van der Waals surface area contributed by atoms with Crippen molar-refractivity contribution in [2.75, 3.05) is 31.6 Å². The van der Waals surface area contributed by atoms with Gasteiger partial charge in [0.1, 0.15) is 0 Å². The van der Waals surface area contributed by atoms with Gasteiger partial charge in [-0.15, -0.1) is 0 Å². The van der Waals surface area contributed by atoms with Gasteiger partial charge in [0.2, 0.25) is 5.91 Å². The zero-order chi connectivity index (χ0) is 21.2. The van der Waals surface area contributed by atoms with E-state index >= 15 is 0 Å². The Hall–Kier alpha value is -3.29. The van der Waals surface area contributed by atoms with Gasteiger partial charge >= 0.3 is 0 Å². The highest BCUT2D eigenvalue weighted by molar-refractivity contribution is 5.97. The number of benzene rings is 2. The molecular formula is C24H24N4O3. The summed E-state index contributed by atoms with van der Waals surface area (Å²) in [4.78, 5) is 29.2. The number of hydrazine groups is 1. The lowest BCUT2D eigenvalue weighted by Crippen LogP contribution is -2.48. The molecule has 2 amide bonds. The monoisotopic (exact) mass is 416 g/mol. The van der Waals surface area contributed by atoms with Crippen LogP contribution in [0.5, 0.6) is 0 Å². The van der Waals surface area contributed by atoms with Gasteiger partial charge in [0.25, 0.3) is 5.91 Å². The van der Waals surface area contributed by atoms with E-state index in [1.807, 2.05) is 59.7 Å². The lowest BCUT2D eigenvalue weighted by atomic mass is 10.1. The first-order chi connectivity index (χ1) is 15.2. The van der Waals surface area contributed by atoms with Crippen molar-refractivity contribution >= 4 is 28.3 Å². The summed E-state index contributed by atoms with van der Waals surface area (Å²) in [5.41, 5.74) is 5.41. The van der Waals surface area contributed by atoms with Gasteiger partial charge in [-0.3, -0.25) is 20.0 Å². The number of anilines is 1. The number of amides is 2. The Morgan fingerprint density at radius 2 is 1.81 bits per heavy atom. The number of rotatable bonds is 5. The summed E-state index contributed by atoms with van der Waals surface area (Å²) >= 11 is 0. The first kappa shape index (κ1) is 19.7. The number of nitrogens with one attached hydrogen (secondary N) is 2. The zero-order valence-corrected chi connectivity index (χ0v) is 17.1. The Bertz CT molecular complexity index is 1110. The van der Waals surface area contributed by atoms with Crippen LogP contribution < -0.4 is 10.7 Å². The van der Waals surface area contributed by atoms with Crippen molar-refractivity contribution in [3.05, 3.63) is 72.1 Å². The summed E-state index contributed by atoms with van der Waals surface area (Å²) in [6, 6.07) is 15.3. The molecule has 1 aromatic heterocycles. The molecule has 1 saturated carbocycles. The maximum absolute atomic E-state index is 12.7. The standard InChI is InChI=1S/C24H24N4O3/c29-23(27-28-9-11-31-12-10-28)17-3-1-16(2-4-17)21-14-22(21)24(30)26-20-6-5-19-15-25-8-7-18(19)13-20/h1-8,13,15,21-22H,9-12,14H2,(H,26,30)(H,27,29)/t21-,22+/m0/s1. The molecule has 5 rings (SSSR count). The van der Waals surface area contributed by atoms with E-state index in [2.05, 4.69) is 15.7 Å². The van der Waals surface area contributed by atoms with Crippen LogP contribution in [-0.2, 0) is 9.53 Å². The average Bonchev–Trinajstić information content (AvgIpc) is 3.61. The number of aromatic nitrogens is 1. The highest BCUT2D eigenvalue weighted by atomic mass is 16.5. The van der Waals surface area contributed by atoms with E-state index in [9.17, 15) is 9.59 Å². The fourth-order valence-corrected chi connectivity index (χ4v) is 4.01. The highest BCUT2D eigenvalue weighted by Crippen LogP contribution is 2.48. The van der Waals surface area contributed by atoms with Gasteiger partial charge in [-0.1, -0.05) is 18.2 Å². The largest absolute Gasteiger partial charge is 0.379 e. The van der Waals surface area contributed by atoms with E-state index in [-0.39, 0.29) is 23.7 Å². The van der Waals surface area contributed by atoms with Crippen molar-refractivity contribution < 1.29 is 14.3 Å². The fourth-order valence-electron chi connectivity index (χ4n) is 4.01. The van der Waals surface area contributed by atoms with Crippen LogP contribution in [0.25, 0.3) is 10.8 Å². The SMILES string of the molecule is O=C(NN1CCOCC1)c1ccc([C@@H]2C[C@H]2C(=O)Nc2ccc3cnccc3c2)cc1. The van der Waals surface area contributed by atoms with E-state index in [1.165, 1.54) is 0 Å². The minimum atomic E-state index is -0.120. The van der Waals surface area contributed by atoms with E-state index in [0.29, 0.717) is 31.9 Å². The molecule has 158 valence electrons. The Labute approximate surface area is 180 Å². The predicted octanol–water partition coefficient (Wildman–Crippen LogP) is 2.95. The highest BCUT2D eigenvalue weighted by Gasteiger charge is 2.43. The van der Waals surface area contributed by atoms with Gasteiger partial charge in [-0.25, -0.2) is 5.01 Å². The van der Waals surface area contributed by atoms with Gasteiger partial charge in [0.05, 0.1) is 13.2 Å². The predicted molar refractivity (Wildman–Crippen MR) is 118 cm³/mol. The normalized spacial score (nSPS) is 20.9. The van der Waals surface area contributed by atoms with Crippen LogP contribution in [0.2, 0.25) is 0 Å². The molecule has 1 aliphatic heterocycles. The number of morpholine rings is 1. The first-order valence-electron chi connectivity index (χ1n) is 10.6. The summed E-state index contributed by atoms with van der Waals surface area (Å²) in [5, 5.41) is 7.00. The maximum atomic E-state index is 12.7. The fraction of sp³-hybridized carbons (Fsp3) is 0.292. The third-order valence-electron chi connectivity index (χ3n) is 5.91. The smallest absolute Gasteiger partial charge is 0.265 e. The molecule has 2 atom stereocenters. The maximum Gasteiger partial charge on any atom is 0.265 e. The van der Waals surface area contributed by atoms with Crippen LogP contribution in [0.4, 0.5) is 5.69 Å². The third kappa shape index (κ3) is 4.42. The third-order valence-corrected chi connectivity index (χ3v) is 5.91. The molecular weight excluding hydrogens is 392 g/mol. The van der Waals surface area contributed by atoms with Crippen molar-refractivity contribution in [1.29, 1.82) is 0 Å². The van der Waals surface area contributed by atoms with E-state index in [0.717, 1.165) is 28.4 Å². The average molecular weight is 416 g/mol. The number of pyridine rings is 1. The van der Waals surface area contributed by atoms with Gasteiger partial charge in [0.15, 0.2) is 0 Å². The van der Waals surface area contributed by atoms with Crippen LogP contribution in [0.15, 0.2) is 60.9 Å². The number of hydrogen-bond donors (Lipinski definition) is 2.